The molecule has 0 aliphatic heterocycles. The van der Waals surface area contributed by atoms with Crippen molar-refractivity contribution < 1.29 is 5.11 Å². The number of hydrogen-bond acceptors (Lipinski definition) is 5. The third kappa shape index (κ3) is 3.56. The van der Waals surface area contributed by atoms with E-state index in [1.54, 1.807) is 6.07 Å². The van der Waals surface area contributed by atoms with E-state index >= 15 is 0 Å². The highest BCUT2D eigenvalue weighted by atomic mass is 16.3. The van der Waals surface area contributed by atoms with Crippen molar-refractivity contribution in [1.82, 2.24) is 9.97 Å². The molecular formula is C12H22N4O. The average molecular weight is 238 g/mol. The Labute approximate surface area is 103 Å². The minimum Gasteiger partial charge on any atom is -0.395 e. The van der Waals surface area contributed by atoms with Crippen LogP contribution >= 0.6 is 0 Å². The number of hydrogen-bond donors (Lipinski definition) is 2. The standard InChI is InChI=1S/C12H22N4O/c1-4-10(5-2)16(6-7-17)12-8-11(13)14-9(3)15-12/h8,10,17H,4-7H2,1-3H3,(H2,13,14,15). The minimum atomic E-state index is 0.111. The van der Waals surface area contributed by atoms with E-state index < -0.39 is 0 Å². The van der Waals surface area contributed by atoms with E-state index in [9.17, 15) is 0 Å². The van der Waals surface area contributed by atoms with Gasteiger partial charge in [-0.25, -0.2) is 9.97 Å². The summed E-state index contributed by atoms with van der Waals surface area (Å²) < 4.78 is 0. The minimum absolute atomic E-state index is 0.111. The molecule has 5 nitrogen and oxygen atoms in total. The summed E-state index contributed by atoms with van der Waals surface area (Å²) in [6, 6.07) is 2.14. The summed E-state index contributed by atoms with van der Waals surface area (Å²) in [5, 5.41) is 9.16. The normalized spacial score (nSPS) is 10.9. The van der Waals surface area contributed by atoms with Crippen LogP contribution in [0.4, 0.5) is 11.6 Å². The predicted octanol–water partition coefficient (Wildman–Crippen LogP) is 1.35. The van der Waals surface area contributed by atoms with Gasteiger partial charge in [-0.2, -0.15) is 0 Å². The molecule has 0 fully saturated rings. The number of aliphatic hydroxyl groups excluding tert-OH is 1. The lowest BCUT2D eigenvalue weighted by Crippen LogP contribution is -2.37. The molecule has 0 bridgehead atoms. The van der Waals surface area contributed by atoms with E-state index in [2.05, 4.69) is 28.7 Å². The first kappa shape index (κ1) is 13.7. The molecule has 96 valence electrons. The fourth-order valence-electron chi connectivity index (χ4n) is 2.04. The first-order chi connectivity index (χ1) is 8.12. The maximum Gasteiger partial charge on any atom is 0.134 e. The van der Waals surface area contributed by atoms with E-state index in [0.717, 1.165) is 18.7 Å². The molecule has 1 heterocycles. The highest BCUT2D eigenvalue weighted by molar-refractivity contribution is 5.47. The Balaban J connectivity index is 3.03. The van der Waals surface area contributed by atoms with Gasteiger partial charge < -0.3 is 15.7 Å². The molecular weight excluding hydrogens is 216 g/mol. The summed E-state index contributed by atoms with van der Waals surface area (Å²) in [5.74, 6) is 1.94. The van der Waals surface area contributed by atoms with Gasteiger partial charge in [0.15, 0.2) is 0 Å². The molecule has 0 saturated heterocycles. The van der Waals surface area contributed by atoms with Gasteiger partial charge in [-0.05, 0) is 19.8 Å². The van der Waals surface area contributed by atoms with Crippen molar-refractivity contribution in [2.24, 2.45) is 0 Å². The van der Waals surface area contributed by atoms with Gasteiger partial charge in [-0.15, -0.1) is 0 Å². The van der Waals surface area contributed by atoms with E-state index in [-0.39, 0.29) is 6.61 Å². The Morgan fingerprint density at radius 1 is 1.35 bits per heavy atom. The fraction of sp³-hybridized carbons (Fsp3) is 0.667. The molecule has 0 aliphatic carbocycles. The third-order valence-corrected chi connectivity index (χ3v) is 2.86. The summed E-state index contributed by atoms with van der Waals surface area (Å²) in [4.78, 5) is 10.6. The quantitative estimate of drug-likeness (QED) is 0.782. The largest absolute Gasteiger partial charge is 0.395 e. The molecule has 0 spiro atoms. The van der Waals surface area contributed by atoms with Crippen molar-refractivity contribution in [1.29, 1.82) is 0 Å². The fourth-order valence-corrected chi connectivity index (χ4v) is 2.04. The lowest BCUT2D eigenvalue weighted by Gasteiger charge is -2.31. The molecule has 1 rings (SSSR count). The van der Waals surface area contributed by atoms with Crippen molar-refractivity contribution in [3.05, 3.63) is 11.9 Å². The summed E-state index contributed by atoms with van der Waals surface area (Å²) in [5.41, 5.74) is 5.74. The first-order valence-electron chi connectivity index (χ1n) is 6.11. The molecule has 17 heavy (non-hydrogen) atoms. The van der Waals surface area contributed by atoms with E-state index in [1.165, 1.54) is 0 Å². The number of nitrogens with zero attached hydrogens (tertiary/aromatic N) is 3. The van der Waals surface area contributed by atoms with Crippen LogP contribution in [0.1, 0.15) is 32.5 Å². The second-order valence-corrected chi connectivity index (χ2v) is 4.09. The zero-order valence-corrected chi connectivity index (χ0v) is 10.8. The van der Waals surface area contributed by atoms with Crippen LogP contribution in [-0.4, -0.2) is 34.3 Å². The lowest BCUT2D eigenvalue weighted by molar-refractivity contribution is 0.295. The molecule has 3 N–H and O–H groups in total. The SMILES string of the molecule is CCC(CC)N(CCO)c1cc(N)nc(C)n1. The third-order valence-electron chi connectivity index (χ3n) is 2.86. The van der Waals surface area contributed by atoms with Crippen LogP contribution in [0.3, 0.4) is 0 Å². The molecule has 0 unspecified atom stereocenters. The highest BCUT2D eigenvalue weighted by Gasteiger charge is 2.17. The van der Waals surface area contributed by atoms with Crippen LogP contribution in [0.2, 0.25) is 0 Å². The van der Waals surface area contributed by atoms with Crippen molar-refractivity contribution >= 4 is 11.6 Å². The van der Waals surface area contributed by atoms with Crippen molar-refractivity contribution in [3.63, 3.8) is 0 Å². The van der Waals surface area contributed by atoms with Gasteiger partial charge in [0, 0.05) is 18.7 Å². The summed E-state index contributed by atoms with van der Waals surface area (Å²) in [7, 11) is 0. The number of aryl methyl sites for hydroxylation is 1. The number of aromatic nitrogens is 2. The molecule has 0 saturated carbocycles. The van der Waals surface area contributed by atoms with Crippen LogP contribution < -0.4 is 10.6 Å². The van der Waals surface area contributed by atoms with Crippen molar-refractivity contribution in [2.45, 2.75) is 39.7 Å². The van der Waals surface area contributed by atoms with E-state index in [4.69, 9.17) is 10.8 Å². The van der Waals surface area contributed by atoms with Crippen molar-refractivity contribution in [2.75, 3.05) is 23.8 Å². The zero-order chi connectivity index (χ0) is 12.8. The van der Waals surface area contributed by atoms with E-state index in [1.807, 2.05) is 6.92 Å². The molecule has 1 aromatic rings. The predicted molar refractivity (Wildman–Crippen MR) is 70.0 cm³/mol. The average Bonchev–Trinajstić information content (AvgIpc) is 2.28. The monoisotopic (exact) mass is 238 g/mol. The van der Waals surface area contributed by atoms with Crippen LogP contribution in [-0.2, 0) is 0 Å². The highest BCUT2D eigenvalue weighted by Crippen LogP contribution is 2.19. The summed E-state index contributed by atoms with van der Waals surface area (Å²) in [6.45, 7) is 6.78. The van der Waals surface area contributed by atoms with Gasteiger partial charge in [-0.3, -0.25) is 0 Å². The van der Waals surface area contributed by atoms with Gasteiger partial charge in [0.1, 0.15) is 17.5 Å². The summed E-state index contributed by atoms with van der Waals surface area (Å²) >= 11 is 0. The first-order valence-corrected chi connectivity index (χ1v) is 6.11. The number of rotatable bonds is 6. The Kier molecular flexibility index (Phi) is 5.15. The van der Waals surface area contributed by atoms with Gasteiger partial charge in [0.05, 0.1) is 6.61 Å². The van der Waals surface area contributed by atoms with Gasteiger partial charge >= 0.3 is 0 Å². The maximum atomic E-state index is 9.16. The smallest absolute Gasteiger partial charge is 0.134 e. The second-order valence-electron chi connectivity index (χ2n) is 4.09. The van der Waals surface area contributed by atoms with Gasteiger partial charge in [0.25, 0.3) is 0 Å². The number of anilines is 2. The number of aliphatic hydroxyl groups is 1. The summed E-state index contributed by atoms with van der Waals surface area (Å²) in [6.07, 6.45) is 2.03. The Bertz CT molecular complexity index is 332. The number of nitrogens with two attached hydrogens (primary N) is 1. The molecule has 0 aliphatic rings. The Morgan fingerprint density at radius 2 is 2.00 bits per heavy atom. The lowest BCUT2D eigenvalue weighted by atomic mass is 10.1. The number of nitrogen functional groups attached to an aromatic ring is 1. The molecule has 5 heteroatoms. The van der Waals surface area contributed by atoms with Crippen molar-refractivity contribution in [3.8, 4) is 0 Å². The van der Waals surface area contributed by atoms with Crippen LogP contribution in [0.5, 0.6) is 0 Å². The second kappa shape index (κ2) is 6.39. The van der Waals surface area contributed by atoms with Gasteiger partial charge in [0.2, 0.25) is 0 Å². The van der Waals surface area contributed by atoms with Crippen LogP contribution in [0.15, 0.2) is 6.07 Å². The molecule has 0 amide bonds. The molecule has 0 atom stereocenters. The Hall–Kier alpha value is -1.36. The van der Waals surface area contributed by atoms with Gasteiger partial charge in [-0.1, -0.05) is 13.8 Å². The van der Waals surface area contributed by atoms with E-state index in [0.29, 0.717) is 24.2 Å². The molecule has 0 radical (unpaired) electrons. The Morgan fingerprint density at radius 3 is 2.47 bits per heavy atom. The topological polar surface area (TPSA) is 75.3 Å². The zero-order valence-electron chi connectivity index (χ0n) is 10.8. The molecule has 1 aromatic heterocycles. The van der Waals surface area contributed by atoms with Crippen LogP contribution in [0, 0.1) is 6.92 Å². The van der Waals surface area contributed by atoms with Crippen LogP contribution in [0.25, 0.3) is 0 Å². The molecule has 0 aromatic carbocycles. The maximum absolute atomic E-state index is 9.16.